The van der Waals surface area contributed by atoms with Gasteiger partial charge in [-0.2, -0.15) is 5.26 Å². The third-order valence-electron chi connectivity index (χ3n) is 1.55. The first-order valence-corrected chi connectivity index (χ1v) is 5.60. The number of rotatable bonds is 3. The van der Waals surface area contributed by atoms with Gasteiger partial charge in [0.1, 0.15) is 0 Å². The topological polar surface area (TPSA) is 23.8 Å². The van der Waals surface area contributed by atoms with E-state index in [1.807, 2.05) is 0 Å². The molecule has 0 amide bonds. The Morgan fingerprint density at radius 1 is 1.60 bits per heavy atom. The van der Waals surface area contributed by atoms with Crippen molar-refractivity contribution in [3.63, 3.8) is 0 Å². The van der Waals surface area contributed by atoms with Crippen molar-refractivity contribution >= 4 is 8.74 Å². The minimum atomic E-state index is -4.03. The van der Waals surface area contributed by atoms with Crippen molar-refractivity contribution in [2.45, 2.75) is 31.9 Å². The largest absolute Gasteiger partial charge is 0.426 e. The molecule has 0 spiro atoms. The molecule has 0 saturated heterocycles. The van der Waals surface area contributed by atoms with Crippen LogP contribution in [0.25, 0.3) is 0 Å². The molecule has 0 rings (SSSR count). The zero-order valence-corrected chi connectivity index (χ0v) is 7.19. The number of nitriles is 1. The molecule has 0 aliphatic rings. The number of hydrogen-bond donors (Lipinski definition) is 0. The van der Waals surface area contributed by atoms with Crippen LogP contribution in [0.2, 0.25) is 12.1 Å². The van der Waals surface area contributed by atoms with Crippen molar-refractivity contribution in [2.24, 2.45) is 0 Å². The van der Waals surface area contributed by atoms with E-state index in [1.54, 1.807) is 13.0 Å². The summed E-state index contributed by atoms with van der Waals surface area (Å²) in [5.74, 6) is 0. The summed E-state index contributed by atoms with van der Waals surface area (Å²) in [6.45, 7) is 2.70. The highest BCUT2D eigenvalue weighted by Gasteiger charge is 2.37. The van der Waals surface area contributed by atoms with E-state index in [-0.39, 0.29) is 6.42 Å². The van der Waals surface area contributed by atoms with Gasteiger partial charge in [0.15, 0.2) is 0 Å². The summed E-state index contributed by atoms with van der Waals surface area (Å²) in [6.07, 6.45) is 0.426. The highest BCUT2D eigenvalue weighted by atomic mass is 28.4. The first kappa shape index (κ1) is 9.57. The quantitative estimate of drug-likeness (QED) is 0.463. The lowest BCUT2D eigenvalue weighted by molar-refractivity contribution is 0.547. The van der Waals surface area contributed by atoms with Gasteiger partial charge in [-0.25, -0.2) is 0 Å². The van der Waals surface area contributed by atoms with Gasteiger partial charge in [0.25, 0.3) is 0 Å². The Kier molecular flexibility index (Phi) is 3.51. The lowest BCUT2D eigenvalue weighted by Gasteiger charge is -2.15. The normalized spacial score (nSPS) is 14.3. The van der Waals surface area contributed by atoms with Crippen LogP contribution in [0.15, 0.2) is 0 Å². The molecule has 0 heterocycles. The van der Waals surface area contributed by atoms with Crippen LogP contribution >= 0.6 is 0 Å². The molecule has 0 N–H and O–H groups in total. The van der Waals surface area contributed by atoms with Crippen molar-refractivity contribution < 1.29 is 8.22 Å². The maximum Gasteiger partial charge on any atom is 0.426 e. The van der Waals surface area contributed by atoms with Gasteiger partial charge in [0.05, 0.1) is 6.07 Å². The zero-order chi connectivity index (χ0) is 8.20. The van der Waals surface area contributed by atoms with Gasteiger partial charge in [-0.05, 0) is 13.0 Å². The van der Waals surface area contributed by atoms with Gasteiger partial charge in [-0.1, -0.05) is 6.92 Å². The summed E-state index contributed by atoms with van der Waals surface area (Å²) in [4.78, 5) is 0. The van der Waals surface area contributed by atoms with E-state index >= 15 is 0 Å². The predicted molar refractivity (Wildman–Crippen MR) is 38.1 cm³/mol. The van der Waals surface area contributed by atoms with Gasteiger partial charge in [-0.15, -0.1) is 0 Å². The second-order valence-electron chi connectivity index (χ2n) is 2.42. The van der Waals surface area contributed by atoms with Crippen molar-refractivity contribution in [3.8, 4) is 6.07 Å². The lowest BCUT2D eigenvalue weighted by atomic mass is 10.3. The molecule has 0 saturated carbocycles. The Bertz CT molecular complexity index is 136. The standard InChI is InChI=1S/C6H11F2NSi/c1-3-6(4-5-9)10(2,7)8/h6H,3-4H2,1-2H3. The van der Waals surface area contributed by atoms with E-state index in [4.69, 9.17) is 5.26 Å². The smallest absolute Gasteiger partial charge is 0.270 e. The van der Waals surface area contributed by atoms with E-state index in [1.165, 1.54) is 0 Å². The molecule has 0 radical (unpaired) electrons. The van der Waals surface area contributed by atoms with Crippen LogP contribution in [0.5, 0.6) is 0 Å². The molecule has 0 aromatic rings. The van der Waals surface area contributed by atoms with E-state index in [9.17, 15) is 8.22 Å². The van der Waals surface area contributed by atoms with Crippen LogP contribution in [0.4, 0.5) is 8.22 Å². The van der Waals surface area contributed by atoms with Crippen LogP contribution in [-0.2, 0) is 0 Å². The van der Waals surface area contributed by atoms with Crippen molar-refractivity contribution in [3.05, 3.63) is 0 Å². The number of nitrogens with zero attached hydrogens (tertiary/aromatic N) is 1. The molecule has 1 unspecified atom stereocenters. The van der Waals surface area contributed by atoms with Gasteiger partial charge in [-0.3, -0.25) is 8.22 Å². The maximum absolute atomic E-state index is 12.6. The van der Waals surface area contributed by atoms with Crippen LogP contribution in [0, 0.1) is 11.3 Å². The number of halogens is 2. The summed E-state index contributed by atoms with van der Waals surface area (Å²) >= 11 is 0. The second-order valence-corrected chi connectivity index (χ2v) is 5.15. The second kappa shape index (κ2) is 3.67. The maximum atomic E-state index is 12.6. The highest BCUT2D eigenvalue weighted by Crippen LogP contribution is 2.30. The third-order valence-corrected chi connectivity index (χ3v) is 3.59. The molecular formula is C6H11F2NSi. The van der Waals surface area contributed by atoms with Gasteiger partial charge in [0, 0.05) is 12.0 Å². The van der Waals surface area contributed by atoms with E-state index < -0.39 is 14.3 Å². The average molecular weight is 163 g/mol. The predicted octanol–water partition coefficient (Wildman–Crippen LogP) is 2.69. The fourth-order valence-corrected chi connectivity index (χ4v) is 1.96. The molecule has 0 aliphatic heterocycles. The summed E-state index contributed by atoms with van der Waals surface area (Å²) < 4.78 is 25.1. The molecule has 4 heteroatoms. The summed E-state index contributed by atoms with van der Waals surface area (Å²) in [5, 5.41) is 8.17. The average Bonchev–Trinajstić information content (AvgIpc) is 1.80. The van der Waals surface area contributed by atoms with Crippen LogP contribution in [-0.4, -0.2) is 8.74 Å². The molecule has 1 atom stereocenters. The molecule has 0 bridgehead atoms. The summed E-state index contributed by atoms with van der Waals surface area (Å²) in [7, 11) is -4.03. The summed E-state index contributed by atoms with van der Waals surface area (Å²) in [5.41, 5.74) is -0.641. The molecule has 0 aromatic carbocycles. The summed E-state index contributed by atoms with van der Waals surface area (Å²) in [6, 6.07) is 1.78. The minimum Gasteiger partial charge on any atom is -0.270 e. The Morgan fingerprint density at radius 2 is 2.10 bits per heavy atom. The fraction of sp³-hybridized carbons (Fsp3) is 0.833. The minimum absolute atomic E-state index is 0.00617. The van der Waals surface area contributed by atoms with Crippen LogP contribution in [0.1, 0.15) is 19.8 Å². The molecule has 1 nitrogen and oxygen atoms in total. The Morgan fingerprint density at radius 3 is 2.20 bits per heavy atom. The zero-order valence-electron chi connectivity index (χ0n) is 6.19. The molecule has 10 heavy (non-hydrogen) atoms. The Balaban J connectivity index is 3.97. The first-order chi connectivity index (χ1) is 4.52. The third kappa shape index (κ3) is 2.92. The van der Waals surface area contributed by atoms with Crippen LogP contribution in [0.3, 0.4) is 0 Å². The Labute approximate surface area is 61.0 Å². The molecule has 58 valence electrons. The van der Waals surface area contributed by atoms with E-state index in [0.717, 1.165) is 6.55 Å². The monoisotopic (exact) mass is 163 g/mol. The van der Waals surface area contributed by atoms with E-state index in [2.05, 4.69) is 0 Å². The first-order valence-electron chi connectivity index (χ1n) is 3.27. The van der Waals surface area contributed by atoms with Gasteiger partial charge >= 0.3 is 8.74 Å². The van der Waals surface area contributed by atoms with Gasteiger partial charge < -0.3 is 0 Å². The van der Waals surface area contributed by atoms with Crippen LogP contribution < -0.4 is 0 Å². The number of hydrogen-bond acceptors (Lipinski definition) is 1. The fourth-order valence-electron chi connectivity index (χ4n) is 0.792. The lowest BCUT2D eigenvalue weighted by Crippen LogP contribution is -2.24. The van der Waals surface area contributed by atoms with E-state index in [0.29, 0.717) is 6.42 Å². The molecule has 0 fully saturated rings. The molecule has 0 aliphatic carbocycles. The van der Waals surface area contributed by atoms with Crippen molar-refractivity contribution in [1.29, 1.82) is 5.26 Å². The SMILES string of the molecule is CCC(CC#N)[Si](C)(F)F. The van der Waals surface area contributed by atoms with Crippen molar-refractivity contribution in [1.82, 2.24) is 0 Å². The van der Waals surface area contributed by atoms with Gasteiger partial charge in [0.2, 0.25) is 0 Å². The molecular weight excluding hydrogens is 152 g/mol. The highest BCUT2D eigenvalue weighted by molar-refractivity contribution is 6.66. The Hall–Kier alpha value is -0.433. The molecule has 0 aromatic heterocycles. The van der Waals surface area contributed by atoms with Crippen molar-refractivity contribution in [2.75, 3.05) is 0 Å².